The maximum Gasteiger partial charge on any atom is 0.127 e. The molecule has 4 rings (SSSR count). The summed E-state index contributed by atoms with van der Waals surface area (Å²) in [5.74, 6) is 1.73. The second-order valence-electron chi connectivity index (χ2n) is 6.31. The van der Waals surface area contributed by atoms with Crippen molar-refractivity contribution in [3.8, 4) is 11.5 Å². The molecular weight excluding hydrogens is 332 g/mol. The highest BCUT2D eigenvalue weighted by atomic mass is 32.1. The molecule has 1 aliphatic heterocycles. The molecule has 130 valence electrons. The van der Waals surface area contributed by atoms with Crippen LogP contribution in [-0.4, -0.2) is 30.6 Å². The smallest absolute Gasteiger partial charge is 0.127 e. The summed E-state index contributed by atoms with van der Waals surface area (Å²) in [5.41, 5.74) is 2.34. The molecule has 0 radical (unpaired) electrons. The zero-order chi connectivity index (χ0) is 17.2. The Labute approximate surface area is 152 Å². The third-order valence-electron chi connectivity index (χ3n) is 4.84. The van der Waals surface area contributed by atoms with E-state index in [2.05, 4.69) is 29.2 Å². The van der Waals surface area contributed by atoms with Crippen molar-refractivity contribution in [3.63, 3.8) is 0 Å². The molecule has 1 fully saturated rings. The highest BCUT2D eigenvalue weighted by molar-refractivity contribution is 7.18. The van der Waals surface area contributed by atoms with Crippen LogP contribution in [0.2, 0.25) is 0 Å². The zero-order valence-corrected chi connectivity index (χ0v) is 15.4. The van der Waals surface area contributed by atoms with E-state index in [1.165, 1.54) is 21.7 Å². The molecule has 3 aromatic rings. The van der Waals surface area contributed by atoms with Crippen molar-refractivity contribution in [2.45, 2.75) is 25.4 Å². The minimum Gasteiger partial charge on any atom is -0.497 e. The van der Waals surface area contributed by atoms with Crippen molar-refractivity contribution in [1.82, 2.24) is 9.88 Å². The van der Waals surface area contributed by atoms with E-state index in [0.717, 1.165) is 36.5 Å². The molecule has 5 heteroatoms. The first kappa shape index (κ1) is 16.4. The first-order valence-corrected chi connectivity index (χ1v) is 9.40. The van der Waals surface area contributed by atoms with Gasteiger partial charge in [-0.05, 0) is 37.6 Å². The molecule has 1 atom stereocenters. The Hall–Kier alpha value is -2.11. The van der Waals surface area contributed by atoms with Gasteiger partial charge in [-0.15, -0.1) is 11.3 Å². The van der Waals surface area contributed by atoms with Gasteiger partial charge in [-0.2, -0.15) is 0 Å². The molecule has 1 aromatic heterocycles. The molecule has 25 heavy (non-hydrogen) atoms. The van der Waals surface area contributed by atoms with Gasteiger partial charge in [0.15, 0.2) is 0 Å². The van der Waals surface area contributed by atoms with E-state index in [0.29, 0.717) is 6.04 Å². The summed E-state index contributed by atoms with van der Waals surface area (Å²) in [7, 11) is 3.41. The lowest BCUT2D eigenvalue weighted by molar-refractivity contribution is 0.242. The molecule has 2 aromatic carbocycles. The molecular formula is C20H22N2O2S. The Balaban J connectivity index is 1.60. The van der Waals surface area contributed by atoms with Crippen LogP contribution in [0.15, 0.2) is 42.5 Å². The SMILES string of the molecule is COc1ccc([C@@H]2CCCN2Cc2nc3ccccc3s2)c(OC)c1. The van der Waals surface area contributed by atoms with Gasteiger partial charge >= 0.3 is 0 Å². The number of thiazole rings is 1. The van der Waals surface area contributed by atoms with Gasteiger partial charge in [0.25, 0.3) is 0 Å². The van der Waals surface area contributed by atoms with E-state index >= 15 is 0 Å². The van der Waals surface area contributed by atoms with Crippen molar-refractivity contribution in [2.75, 3.05) is 20.8 Å². The Bertz CT molecular complexity index is 844. The van der Waals surface area contributed by atoms with Crippen LogP contribution in [0.1, 0.15) is 29.5 Å². The third kappa shape index (κ3) is 3.22. The van der Waals surface area contributed by atoms with Crippen molar-refractivity contribution in [1.29, 1.82) is 0 Å². The number of hydrogen-bond acceptors (Lipinski definition) is 5. The van der Waals surface area contributed by atoms with Gasteiger partial charge in [-0.1, -0.05) is 18.2 Å². The number of methoxy groups -OCH3 is 2. The number of para-hydroxylation sites is 1. The minimum atomic E-state index is 0.368. The molecule has 0 saturated carbocycles. The zero-order valence-electron chi connectivity index (χ0n) is 14.6. The quantitative estimate of drug-likeness (QED) is 0.668. The van der Waals surface area contributed by atoms with Crippen LogP contribution in [0.5, 0.6) is 11.5 Å². The molecule has 0 spiro atoms. The Morgan fingerprint density at radius 3 is 2.84 bits per heavy atom. The molecule has 1 aliphatic rings. The highest BCUT2D eigenvalue weighted by Crippen LogP contribution is 2.39. The number of rotatable bonds is 5. The van der Waals surface area contributed by atoms with Crippen LogP contribution in [0.4, 0.5) is 0 Å². The van der Waals surface area contributed by atoms with Crippen molar-refractivity contribution in [3.05, 3.63) is 53.0 Å². The van der Waals surface area contributed by atoms with Gasteiger partial charge < -0.3 is 9.47 Å². The number of hydrogen-bond donors (Lipinski definition) is 0. The van der Waals surface area contributed by atoms with Crippen molar-refractivity contribution < 1.29 is 9.47 Å². The predicted molar refractivity (Wildman–Crippen MR) is 102 cm³/mol. The summed E-state index contributed by atoms with van der Waals surface area (Å²) in [6.45, 7) is 1.98. The summed E-state index contributed by atoms with van der Waals surface area (Å²) in [6, 6.07) is 14.9. The number of fused-ring (bicyclic) bond motifs is 1. The Kier molecular flexibility index (Phi) is 4.59. The lowest BCUT2D eigenvalue weighted by Crippen LogP contribution is -2.23. The van der Waals surface area contributed by atoms with Crippen molar-refractivity contribution in [2.24, 2.45) is 0 Å². The fourth-order valence-corrected chi connectivity index (χ4v) is 4.62. The predicted octanol–water partition coefficient (Wildman–Crippen LogP) is 4.65. The van der Waals surface area contributed by atoms with E-state index in [1.807, 2.05) is 18.2 Å². The van der Waals surface area contributed by atoms with Crippen LogP contribution in [0, 0.1) is 0 Å². The number of nitrogens with zero attached hydrogens (tertiary/aromatic N) is 2. The number of ether oxygens (including phenoxy) is 2. The topological polar surface area (TPSA) is 34.6 Å². The molecule has 4 nitrogen and oxygen atoms in total. The molecule has 0 aliphatic carbocycles. The van der Waals surface area contributed by atoms with Gasteiger partial charge in [-0.25, -0.2) is 4.98 Å². The monoisotopic (exact) mass is 354 g/mol. The molecule has 1 saturated heterocycles. The van der Waals surface area contributed by atoms with Gasteiger partial charge in [0.05, 0.1) is 31.0 Å². The maximum absolute atomic E-state index is 5.63. The van der Waals surface area contributed by atoms with Crippen LogP contribution >= 0.6 is 11.3 Å². The van der Waals surface area contributed by atoms with Crippen LogP contribution in [0.3, 0.4) is 0 Å². The van der Waals surface area contributed by atoms with Gasteiger partial charge in [0, 0.05) is 17.7 Å². The molecule has 2 heterocycles. The molecule has 0 amide bonds. The Morgan fingerprint density at radius 1 is 1.16 bits per heavy atom. The summed E-state index contributed by atoms with van der Waals surface area (Å²) in [6.07, 6.45) is 2.35. The minimum absolute atomic E-state index is 0.368. The lowest BCUT2D eigenvalue weighted by Gasteiger charge is -2.25. The van der Waals surface area contributed by atoms with Crippen molar-refractivity contribution >= 4 is 21.6 Å². The Morgan fingerprint density at radius 2 is 2.04 bits per heavy atom. The number of benzene rings is 2. The average Bonchev–Trinajstić information content (AvgIpc) is 3.27. The summed E-state index contributed by atoms with van der Waals surface area (Å²) in [4.78, 5) is 7.32. The summed E-state index contributed by atoms with van der Waals surface area (Å²) >= 11 is 1.79. The van der Waals surface area contributed by atoms with Gasteiger partial charge in [0.1, 0.15) is 16.5 Å². The first-order chi connectivity index (χ1) is 12.3. The summed E-state index contributed by atoms with van der Waals surface area (Å²) < 4.78 is 12.2. The van der Waals surface area contributed by atoms with E-state index < -0.39 is 0 Å². The van der Waals surface area contributed by atoms with Gasteiger partial charge in [-0.3, -0.25) is 4.90 Å². The van der Waals surface area contributed by atoms with E-state index in [1.54, 1.807) is 25.6 Å². The second-order valence-corrected chi connectivity index (χ2v) is 7.43. The van der Waals surface area contributed by atoms with Crippen LogP contribution < -0.4 is 9.47 Å². The number of likely N-dealkylation sites (tertiary alicyclic amines) is 1. The third-order valence-corrected chi connectivity index (χ3v) is 5.86. The second kappa shape index (κ2) is 7.02. The molecule has 0 bridgehead atoms. The van der Waals surface area contributed by atoms with Gasteiger partial charge in [0.2, 0.25) is 0 Å². The standard InChI is InChI=1S/C20H22N2O2S/c1-23-14-9-10-15(18(12-14)24-2)17-7-5-11-22(17)13-20-21-16-6-3-4-8-19(16)25-20/h3-4,6,8-10,12,17H,5,7,11,13H2,1-2H3/t17-/m0/s1. The van der Waals surface area contributed by atoms with Crippen LogP contribution in [0.25, 0.3) is 10.2 Å². The maximum atomic E-state index is 5.63. The van der Waals surface area contributed by atoms with E-state index in [-0.39, 0.29) is 0 Å². The number of aromatic nitrogens is 1. The molecule has 0 N–H and O–H groups in total. The highest BCUT2D eigenvalue weighted by Gasteiger charge is 2.29. The largest absolute Gasteiger partial charge is 0.497 e. The summed E-state index contributed by atoms with van der Waals surface area (Å²) in [5, 5.41) is 1.18. The lowest BCUT2D eigenvalue weighted by atomic mass is 10.0. The average molecular weight is 354 g/mol. The van der Waals surface area contributed by atoms with E-state index in [9.17, 15) is 0 Å². The fraction of sp³-hybridized carbons (Fsp3) is 0.350. The molecule has 0 unspecified atom stereocenters. The normalized spacial score (nSPS) is 17.9. The fourth-order valence-electron chi connectivity index (χ4n) is 3.62. The first-order valence-electron chi connectivity index (χ1n) is 8.59. The van der Waals surface area contributed by atoms with E-state index in [4.69, 9.17) is 14.5 Å². The van der Waals surface area contributed by atoms with Crippen LogP contribution in [-0.2, 0) is 6.54 Å².